The molecule has 1 heterocycles. The summed E-state index contributed by atoms with van der Waals surface area (Å²) in [6.07, 6.45) is -4.62. The molecule has 0 aliphatic heterocycles. The van der Waals surface area contributed by atoms with Crippen LogP contribution in [0, 0.1) is 6.92 Å². The number of thioether (sulfide) groups is 1. The first kappa shape index (κ1) is 16.3. The number of alkyl halides is 3. The highest BCUT2D eigenvalue weighted by Crippen LogP contribution is 2.32. The minimum atomic E-state index is -4.62. The molecule has 116 valence electrons. The highest BCUT2D eigenvalue weighted by Gasteiger charge is 2.33. The molecule has 0 amide bonds. The number of halogens is 3. The summed E-state index contributed by atoms with van der Waals surface area (Å²) >= 11 is 0.649. The van der Waals surface area contributed by atoms with E-state index in [0.29, 0.717) is 17.3 Å². The summed E-state index contributed by atoms with van der Waals surface area (Å²) in [6.45, 7) is 1.86. The summed E-state index contributed by atoms with van der Waals surface area (Å²) in [6, 6.07) is 7.69. The van der Waals surface area contributed by atoms with Gasteiger partial charge in [-0.25, -0.2) is 9.97 Å². The highest BCUT2D eigenvalue weighted by molar-refractivity contribution is 7.99. The predicted molar refractivity (Wildman–Crippen MR) is 75.6 cm³/mol. The number of carboxylic acid groups (broad SMARTS) is 1. The second kappa shape index (κ2) is 6.35. The van der Waals surface area contributed by atoms with Crippen LogP contribution in [0.15, 0.2) is 35.5 Å². The van der Waals surface area contributed by atoms with E-state index in [-0.39, 0.29) is 10.9 Å². The van der Waals surface area contributed by atoms with E-state index >= 15 is 0 Å². The Kier molecular flexibility index (Phi) is 4.70. The third kappa shape index (κ3) is 4.20. The molecular weight excluding hydrogens is 317 g/mol. The number of nitrogens with zero attached hydrogens (tertiary/aromatic N) is 2. The van der Waals surface area contributed by atoms with Crippen LogP contribution in [-0.2, 0) is 11.0 Å². The average molecular weight is 328 g/mol. The van der Waals surface area contributed by atoms with Crippen LogP contribution in [0.3, 0.4) is 0 Å². The Morgan fingerprint density at radius 2 is 1.86 bits per heavy atom. The van der Waals surface area contributed by atoms with Crippen LogP contribution in [0.2, 0.25) is 0 Å². The van der Waals surface area contributed by atoms with Crippen LogP contribution in [-0.4, -0.2) is 26.8 Å². The van der Waals surface area contributed by atoms with Gasteiger partial charge in [0, 0.05) is 5.56 Å². The van der Waals surface area contributed by atoms with Crippen molar-refractivity contribution in [1.82, 2.24) is 9.97 Å². The lowest BCUT2D eigenvalue weighted by Crippen LogP contribution is -2.10. The van der Waals surface area contributed by atoms with Gasteiger partial charge in [-0.2, -0.15) is 13.2 Å². The largest absolute Gasteiger partial charge is 0.481 e. The first-order valence-corrected chi connectivity index (χ1v) is 7.12. The minimum absolute atomic E-state index is 0.107. The molecule has 2 aromatic rings. The molecule has 22 heavy (non-hydrogen) atoms. The quantitative estimate of drug-likeness (QED) is 0.686. The van der Waals surface area contributed by atoms with E-state index in [2.05, 4.69) is 9.97 Å². The average Bonchev–Trinajstić information content (AvgIpc) is 2.44. The van der Waals surface area contributed by atoms with E-state index in [9.17, 15) is 18.0 Å². The molecule has 0 saturated carbocycles. The van der Waals surface area contributed by atoms with E-state index in [4.69, 9.17) is 5.11 Å². The van der Waals surface area contributed by atoms with Gasteiger partial charge in [0.1, 0.15) is 5.69 Å². The summed E-state index contributed by atoms with van der Waals surface area (Å²) in [4.78, 5) is 17.9. The first-order chi connectivity index (χ1) is 10.3. The lowest BCUT2D eigenvalue weighted by Gasteiger charge is -2.10. The van der Waals surface area contributed by atoms with Crippen molar-refractivity contribution < 1.29 is 23.1 Å². The first-order valence-electron chi connectivity index (χ1n) is 6.13. The highest BCUT2D eigenvalue weighted by atomic mass is 32.2. The standard InChI is InChI=1S/C14H11F3N2O2S/c1-8-2-4-9(5-3-8)10-6-11(14(15,16)17)19-13(18-10)22-7-12(20)21/h2-6H,7H2,1H3,(H,20,21). The van der Waals surface area contributed by atoms with Gasteiger partial charge in [0.25, 0.3) is 0 Å². The molecule has 0 aliphatic carbocycles. The second-order valence-electron chi connectivity index (χ2n) is 4.47. The number of aliphatic carboxylic acids is 1. The lowest BCUT2D eigenvalue weighted by molar-refractivity contribution is -0.141. The molecule has 1 aromatic heterocycles. The molecular formula is C14H11F3N2O2S. The summed E-state index contributed by atoms with van der Waals surface area (Å²) in [5, 5.41) is 8.41. The Hall–Kier alpha value is -2.09. The van der Waals surface area contributed by atoms with Crippen molar-refractivity contribution in [3.63, 3.8) is 0 Å². The number of aryl methyl sites for hydroxylation is 1. The zero-order chi connectivity index (χ0) is 16.3. The lowest BCUT2D eigenvalue weighted by atomic mass is 10.1. The monoisotopic (exact) mass is 328 g/mol. The molecule has 0 spiro atoms. The zero-order valence-electron chi connectivity index (χ0n) is 11.4. The van der Waals surface area contributed by atoms with Crippen molar-refractivity contribution in [2.45, 2.75) is 18.3 Å². The fraction of sp³-hybridized carbons (Fsp3) is 0.214. The zero-order valence-corrected chi connectivity index (χ0v) is 12.2. The molecule has 1 N–H and O–H groups in total. The molecule has 8 heteroatoms. The van der Waals surface area contributed by atoms with Crippen LogP contribution < -0.4 is 0 Å². The SMILES string of the molecule is Cc1ccc(-c2cc(C(F)(F)F)nc(SCC(=O)O)n2)cc1. The van der Waals surface area contributed by atoms with Gasteiger partial charge in [0.05, 0.1) is 11.4 Å². The van der Waals surface area contributed by atoms with E-state index < -0.39 is 23.6 Å². The molecule has 1 aromatic carbocycles. The number of rotatable bonds is 4. The van der Waals surface area contributed by atoms with Crippen LogP contribution >= 0.6 is 11.8 Å². The van der Waals surface area contributed by atoms with E-state index in [0.717, 1.165) is 11.6 Å². The minimum Gasteiger partial charge on any atom is -0.481 e. The van der Waals surface area contributed by atoms with Crippen LogP contribution in [0.1, 0.15) is 11.3 Å². The Morgan fingerprint density at radius 1 is 1.23 bits per heavy atom. The molecule has 0 aliphatic rings. The van der Waals surface area contributed by atoms with Crippen LogP contribution in [0.4, 0.5) is 13.2 Å². The van der Waals surface area contributed by atoms with Gasteiger partial charge >= 0.3 is 12.1 Å². The maximum Gasteiger partial charge on any atom is 0.433 e. The van der Waals surface area contributed by atoms with E-state index in [1.807, 2.05) is 6.92 Å². The van der Waals surface area contributed by atoms with Crippen molar-refractivity contribution in [3.8, 4) is 11.3 Å². The van der Waals surface area contributed by atoms with Gasteiger partial charge in [-0.15, -0.1) is 0 Å². The van der Waals surface area contributed by atoms with Gasteiger partial charge in [0.2, 0.25) is 0 Å². The Labute approximate surface area is 128 Å². The van der Waals surface area contributed by atoms with Gasteiger partial charge in [-0.05, 0) is 13.0 Å². The molecule has 0 fully saturated rings. The Morgan fingerprint density at radius 3 is 2.41 bits per heavy atom. The van der Waals surface area contributed by atoms with Crippen molar-refractivity contribution in [2.75, 3.05) is 5.75 Å². The fourth-order valence-electron chi connectivity index (χ4n) is 1.63. The number of benzene rings is 1. The predicted octanol–water partition coefficient (Wildman–Crippen LogP) is 3.65. The van der Waals surface area contributed by atoms with Crippen LogP contribution in [0.25, 0.3) is 11.3 Å². The number of hydrogen-bond donors (Lipinski definition) is 1. The molecule has 0 unspecified atom stereocenters. The summed E-state index contributed by atoms with van der Waals surface area (Å²) in [7, 11) is 0. The van der Waals surface area contributed by atoms with Gasteiger partial charge < -0.3 is 5.11 Å². The second-order valence-corrected chi connectivity index (χ2v) is 5.41. The molecule has 0 saturated heterocycles. The number of hydrogen-bond acceptors (Lipinski definition) is 4. The number of carbonyl (C=O) groups is 1. The topological polar surface area (TPSA) is 63.1 Å². The summed E-state index contributed by atoms with van der Waals surface area (Å²) in [5.74, 6) is -1.56. The van der Waals surface area contributed by atoms with E-state index in [1.165, 1.54) is 0 Å². The summed E-state index contributed by atoms with van der Waals surface area (Å²) < 4.78 is 38.7. The Bertz CT molecular complexity index is 687. The van der Waals surface area contributed by atoms with Crippen molar-refractivity contribution in [2.24, 2.45) is 0 Å². The normalized spacial score (nSPS) is 11.5. The third-order valence-electron chi connectivity index (χ3n) is 2.67. The fourth-order valence-corrected chi connectivity index (χ4v) is 2.21. The maximum atomic E-state index is 12.9. The third-order valence-corrected chi connectivity index (χ3v) is 3.50. The number of carboxylic acids is 1. The molecule has 4 nitrogen and oxygen atoms in total. The molecule has 0 bridgehead atoms. The molecule has 0 atom stereocenters. The van der Waals surface area contributed by atoms with Gasteiger partial charge in [-0.3, -0.25) is 4.79 Å². The van der Waals surface area contributed by atoms with Crippen molar-refractivity contribution in [1.29, 1.82) is 0 Å². The summed E-state index contributed by atoms with van der Waals surface area (Å²) in [5.41, 5.74) is 0.492. The van der Waals surface area contributed by atoms with Gasteiger partial charge in [0.15, 0.2) is 5.16 Å². The maximum absolute atomic E-state index is 12.9. The molecule has 2 rings (SSSR count). The number of aromatic nitrogens is 2. The molecule has 0 radical (unpaired) electrons. The van der Waals surface area contributed by atoms with Gasteiger partial charge in [-0.1, -0.05) is 41.6 Å². The van der Waals surface area contributed by atoms with Crippen molar-refractivity contribution in [3.05, 3.63) is 41.6 Å². The van der Waals surface area contributed by atoms with E-state index in [1.54, 1.807) is 24.3 Å². The van der Waals surface area contributed by atoms with Crippen molar-refractivity contribution >= 4 is 17.7 Å². The smallest absolute Gasteiger partial charge is 0.433 e. The van der Waals surface area contributed by atoms with Crippen LogP contribution in [0.5, 0.6) is 0 Å². The Balaban J connectivity index is 2.45.